The molecule has 0 saturated heterocycles. The molecule has 0 spiro atoms. The predicted molar refractivity (Wildman–Crippen MR) is 89.0 cm³/mol. The Morgan fingerprint density at radius 2 is 1.26 bits per heavy atom. The van der Waals surface area contributed by atoms with Gasteiger partial charge >= 0.3 is 0 Å². The maximum Gasteiger partial charge on any atom is 0.295 e. The third kappa shape index (κ3) is 5.54. The number of aromatic hydroxyl groups is 1. The van der Waals surface area contributed by atoms with Crippen molar-refractivity contribution in [1.82, 2.24) is 0 Å². The number of hydrogen-bond acceptors (Lipinski definition) is 4. The molecule has 0 bridgehead atoms. The van der Waals surface area contributed by atoms with Gasteiger partial charge in [-0.15, -0.1) is 0 Å². The number of benzene rings is 3. The van der Waals surface area contributed by atoms with Crippen LogP contribution in [0.15, 0.2) is 77.7 Å². The minimum atomic E-state index is -4.13. The number of carbonyl (C=O) groups is 1. The molecule has 23 heavy (non-hydrogen) atoms. The third-order valence-electron chi connectivity index (χ3n) is 2.78. The highest BCUT2D eigenvalue weighted by Gasteiger charge is 2.12. The Balaban J connectivity index is 0.000000247. The van der Waals surface area contributed by atoms with Gasteiger partial charge in [-0.25, -0.2) is 0 Å². The van der Waals surface area contributed by atoms with Gasteiger partial charge in [0, 0.05) is 5.39 Å². The smallest absolute Gasteiger partial charge is 0.295 e. The number of fused-ring (bicyclic) bond motifs is 1. The van der Waals surface area contributed by atoms with Crippen LogP contribution in [0.25, 0.3) is 10.8 Å². The molecule has 120 valence electrons. The summed E-state index contributed by atoms with van der Waals surface area (Å²) in [5.41, 5.74) is 0. The largest absolute Gasteiger partial charge is 0.508 e. The lowest BCUT2D eigenvalue weighted by Crippen LogP contribution is -1.98. The molecule has 0 atom stereocenters. The normalized spacial score (nSPS) is 9.96. The van der Waals surface area contributed by atoms with E-state index in [1.165, 1.54) is 6.07 Å². The molecule has 0 amide bonds. The number of carbonyl (C=O) groups excluding carboxylic acids is 1. The minimum absolute atomic E-state index is 0.0457. The molecule has 6 heteroatoms. The summed E-state index contributed by atoms with van der Waals surface area (Å²) in [4.78, 5) is 7.95. The predicted octanol–water partition coefficient (Wildman–Crippen LogP) is 3.29. The van der Waals surface area contributed by atoms with Crippen molar-refractivity contribution in [2.75, 3.05) is 0 Å². The van der Waals surface area contributed by atoms with E-state index in [-0.39, 0.29) is 4.90 Å². The van der Waals surface area contributed by atoms with Gasteiger partial charge in [0.1, 0.15) is 17.4 Å². The van der Waals surface area contributed by atoms with Crippen molar-refractivity contribution in [2.24, 2.45) is 0 Å². The molecule has 0 aliphatic carbocycles. The Kier molecular flexibility index (Phi) is 6.92. The van der Waals surface area contributed by atoms with E-state index in [0.29, 0.717) is 11.1 Å². The van der Waals surface area contributed by atoms with Gasteiger partial charge in [0.15, 0.2) is 0 Å². The van der Waals surface area contributed by atoms with Gasteiger partial charge in [0.25, 0.3) is 10.1 Å². The summed E-state index contributed by atoms with van der Waals surface area (Å²) in [7, 11) is -4.13. The molecule has 0 saturated carbocycles. The Hall–Kier alpha value is -2.70. The van der Waals surface area contributed by atoms with Crippen LogP contribution >= 0.6 is 0 Å². The SMILES string of the molecule is C=O.O=S(=O)(O)c1cccc2ccccc12.Oc1ccccc1. The molecule has 0 heterocycles. The molecule has 0 aliphatic rings. The zero-order valence-electron chi connectivity index (χ0n) is 12.2. The van der Waals surface area contributed by atoms with E-state index in [1.807, 2.05) is 18.9 Å². The number of hydrogen-bond donors (Lipinski definition) is 2. The number of phenols is 1. The lowest BCUT2D eigenvalue weighted by molar-refractivity contribution is -0.0980. The summed E-state index contributed by atoms with van der Waals surface area (Å²) in [6.07, 6.45) is 0. The highest BCUT2D eigenvalue weighted by Crippen LogP contribution is 2.21. The maximum atomic E-state index is 11.0. The fraction of sp³-hybridized carbons (Fsp3) is 0. The average molecular weight is 332 g/mol. The van der Waals surface area contributed by atoms with E-state index in [1.54, 1.807) is 54.6 Å². The summed E-state index contributed by atoms with van der Waals surface area (Å²) < 4.78 is 31.0. The Bertz CT molecular complexity index is 840. The monoisotopic (exact) mass is 332 g/mol. The van der Waals surface area contributed by atoms with E-state index in [4.69, 9.17) is 14.5 Å². The number of rotatable bonds is 1. The first-order valence-electron chi connectivity index (χ1n) is 6.46. The van der Waals surface area contributed by atoms with Gasteiger partial charge in [-0.1, -0.05) is 54.6 Å². The molecule has 3 rings (SSSR count). The molecule has 2 N–H and O–H groups in total. The van der Waals surface area contributed by atoms with Gasteiger partial charge in [-0.05, 0) is 23.6 Å². The van der Waals surface area contributed by atoms with E-state index < -0.39 is 10.1 Å². The number of phenolic OH excluding ortho intramolecular Hbond substituents is 1. The summed E-state index contributed by atoms with van der Waals surface area (Å²) in [5.74, 6) is 0.322. The summed E-state index contributed by atoms with van der Waals surface area (Å²) in [6.45, 7) is 2.00. The van der Waals surface area contributed by atoms with Crippen LogP contribution < -0.4 is 0 Å². The van der Waals surface area contributed by atoms with Crippen molar-refractivity contribution < 1.29 is 22.9 Å². The second kappa shape index (κ2) is 8.67. The molecule has 0 aromatic heterocycles. The average Bonchev–Trinajstić information content (AvgIpc) is 2.57. The number of para-hydroxylation sites is 1. The summed E-state index contributed by atoms with van der Waals surface area (Å²) in [5, 5.41) is 9.97. The van der Waals surface area contributed by atoms with E-state index in [2.05, 4.69) is 0 Å². The zero-order valence-corrected chi connectivity index (χ0v) is 13.0. The minimum Gasteiger partial charge on any atom is -0.508 e. The lowest BCUT2D eigenvalue weighted by Gasteiger charge is -2.02. The van der Waals surface area contributed by atoms with Crippen molar-refractivity contribution in [2.45, 2.75) is 4.90 Å². The van der Waals surface area contributed by atoms with Gasteiger partial charge < -0.3 is 9.90 Å². The second-order valence-electron chi connectivity index (χ2n) is 4.29. The fourth-order valence-electron chi connectivity index (χ4n) is 1.85. The zero-order chi connectivity index (χ0) is 17.3. The molecule has 0 unspecified atom stereocenters. The first-order chi connectivity index (χ1) is 11.0. The molecular weight excluding hydrogens is 316 g/mol. The Labute approximate surface area is 134 Å². The van der Waals surface area contributed by atoms with Crippen LogP contribution in [0.5, 0.6) is 5.75 Å². The lowest BCUT2D eigenvalue weighted by atomic mass is 10.1. The van der Waals surface area contributed by atoms with E-state index in [9.17, 15) is 8.42 Å². The summed E-state index contributed by atoms with van der Waals surface area (Å²) >= 11 is 0. The van der Waals surface area contributed by atoms with Crippen molar-refractivity contribution in [3.63, 3.8) is 0 Å². The van der Waals surface area contributed by atoms with Gasteiger partial charge in [0.05, 0.1) is 0 Å². The van der Waals surface area contributed by atoms with Crippen LogP contribution in [-0.2, 0) is 14.9 Å². The van der Waals surface area contributed by atoms with Crippen LogP contribution in [0.2, 0.25) is 0 Å². The first kappa shape index (κ1) is 18.3. The van der Waals surface area contributed by atoms with Crippen molar-refractivity contribution in [3.8, 4) is 5.75 Å². The van der Waals surface area contributed by atoms with Crippen molar-refractivity contribution in [1.29, 1.82) is 0 Å². The first-order valence-corrected chi connectivity index (χ1v) is 7.90. The molecule has 0 radical (unpaired) electrons. The van der Waals surface area contributed by atoms with E-state index >= 15 is 0 Å². The van der Waals surface area contributed by atoms with Crippen LogP contribution in [0.4, 0.5) is 0 Å². The fourth-order valence-corrected chi connectivity index (χ4v) is 2.56. The van der Waals surface area contributed by atoms with Crippen molar-refractivity contribution >= 4 is 27.7 Å². The quantitative estimate of drug-likeness (QED) is 0.667. The highest BCUT2D eigenvalue weighted by atomic mass is 32.2. The van der Waals surface area contributed by atoms with Crippen molar-refractivity contribution in [3.05, 3.63) is 72.8 Å². The molecule has 0 fully saturated rings. The van der Waals surface area contributed by atoms with Crippen LogP contribution in [0.3, 0.4) is 0 Å². The third-order valence-corrected chi connectivity index (χ3v) is 3.70. The standard InChI is InChI=1S/C10H8O3S.C6H6O.CH2O/c11-14(12,13)10-7-3-5-8-4-1-2-6-9(8)10;7-6-4-2-1-3-5-6;1-2/h1-7H,(H,11,12,13);1-5,7H;1H2. The second-order valence-corrected chi connectivity index (χ2v) is 5.68. The molecule has 5 nitrogen and oxygen atoms in total. The van der Waals surface area contributed by atoms with Gasteiger partial charge in [-0.2, -0.15) is 8.42 Å². The maximum absolute atomic E-state index is 11.0. The van der Waals surface area contributed by atoms with Crippen LogP contribution in [0.1, 0.15) is 0 Å². The Morgan fingerprint density at radius 3 is 1.78 bits per heavy atom. The molecule has 0 aliphatic heterocycles. The summed E-state index contributed by atoms with van der Waals surface area (Å²) in [6, 6.07) is 20.5. The van der Waals surface area contributed by atoms with Gasteiger partial charge in [-0.3, -0.25) is 4.55 Å². The Morgan fingerprint density at radius 1 is 0.739 bits per heavy atom. The molecule has 3 aromatic carbocycles. The topological polar surface area (TPSA) is 91.7 Å². The van der Waals surface area contributed by atoms with E-state index in [0.717, 1.165) is 5.39 Å². The molecule has 3 aromatic rings. The van der Waals surface area contributed by atoms with Gasteiger partial charge in [0.2, 0.25) is 0 Å². The highest BCUT2D eigenvalue weighted by molar-refractivity contribution is 7.86. The van der Waals surface area contributed by atoms with Crippen LogP contribution in [0, 0.1) is 0 Å². The molecular formula is C17H16O5S. The van der Waals surface area contributed by atoms with Crippen LogP contribution in [-0.4, -0.2) is 24.9 Å².